The van der Waals surface area contributed by atoms with Crippen LogP contribution in [0, 0.1) is 6.92 Å². The molecule has 0 radical (unpaired) electrons. The average Bonchev–Trinajstić information content (AvgIpc) is 2.01. The number of benzene rings is 1. The maximum absolute atomic E-state index is 11.9. The van der Waals surface area contributed by atoms with E-state index in [4.69, 9.17) is 0 Å². The van der Waals surface area contributed by atoms with Crippen LogP contribution in [0.3, 0.4) is 0 Å². The van der Waals surface area contributed by atoms with Crippen LogP contribution in [0.25, 0.3) is 0 Å². The third kappa shape index (κ3) is 2.66. The smallest absolute Gasteiger partial charge is 0.0583 e. The van der Waals surface area contributed by atoms with Crippen LogP contribution in [0.5, 0.6) is 0 Å². The summed E-state index contributed by atoms with van der Waals surface area (Å²) in [4.78, 5) is 0.924. The lowest BCUT2D eigenvalue weighted by Gasteiger charge is -2.17. The van der Waals surface area contributed by atoms with Crippen molar-refractivity contribution in [2.75, 3.05) is 0 Å². The van der Waals surface area contributed by atoms with Crippen LogP contribution < -0.4 is 0 Å². The number of aryl methyl sites for hydroxylation is 1. The molecule has 72 valence electrons. The molecule has 13 heavy (non-hydrogen) atoms. The molecule has 0 N–H and O–H groups in total. The van der Waals surface area contributed by atoms with E-state index in [0.29, 0.717) is 0 Å². The molecule has 0 amide bonds. The largest absolute Gasteiger partial charge is 0.254 e. The lowest BCUT2D eigenvalue weighted by Crippen LogP contribution is -2.21. The van der Waals surface area contributed by atoms with Gasteiger partial charge in [-0.05, 0) is 45.4 Å². The van der Waals surface area contributed by atoms with E-state index in [9.17, 15) is 4.21 Å². The summed E-state index contributed by atoms with van der Waals surface area (Å²) in [7, 11) is -0.911. The highest BCUT2D eigenvalue weighted by Gasteiger charge is 2.20. The Hall–Kier alpha value is -0.630. The van der Waals surface area contributed by atoms with Gasteiger partial charge in [-0.15, -0.1) is 0 Å². The van der Waals surface area contributed by atoms with Crippen LogP contribution in [0.1, 0.15) is 26.3 Å². The summed E-state index contributed by atoms with van der Waals surface area (Å²) in [6, 6.07) is 7.88. The molecule has 0 bridgehead atoms. The first-order valence-corrected chi connectivity index (χ1v) is 5.55. The number of hydrogen-bond donors (Lipinski definition) is 0. The minimum Gasteiger partial charge on any atom is -0.254 e. The maximum atomic E-state index is 11.9. The Morgan fingerprint density at radius 2 is 1.85 bits per heavy atom. The van der Waals surface area contributed by atoms with E-state index in [1.807, 2.05) is 52.0 Å². The topological polar surface area (TPSA) is 17.1 Å². The molecular formula is C11H16OS. The predicted molar refractivity (Wildman–Crippen MR) is 57.3 cm³/mol. The Morgan fingerprint density at radius 1 is 1.23 bits per heavy atom. The Kier molecular flexibility index (Phi) is 2.91. The van der Waals surface area contributed by atoms with Crippen LogP contribution in [-0.4, -0.2) is 8.96 Å². The van der Waals surface area contributed by atoms with Gasteiger partial charge in [0, 0.05) is 9.64 Å². The van der Waals surface area contributed by atoms with Gasteiger partial charge in [-0.3, -0.25) is 4.21 Å². The second kappa shape index (κ2) is 3.62. The predicted octanol–water partition coefficient (Wildman–Crippen LogP) is 2.90. The fraction of sp³-hybridized carbons (Fsp3) is 0.455. The van der Waals surface area contributed by atoms with Gasteiger partial charge in [-0.1, -0.05) is 12.1 Å². The van der Waals surface area contributed by atoms with Crippen molar-refractivity contribution < 1.29 is 4.21 Å². The zero-order valence-electron chi connectivity index (χ0n) is 8.63. The molecule has 1 rings (SSSR count). The van der Waals surface area contributed by atoms with Gasteiger partial charge in [0.25, 0.3) is 0 Å². The van der Waals surface area contributed by atoms with Crippen molar-refractivity contribution in [2.24, 2.45) is 0 Å². The molecule has 1 aromatic carbocycles. The summed E-state index contributed by atoms with van der Waals surface area (Å²) in [6.07, 6.45) is 0. The first-order valence-electron chi connectivity index (χ1n) is 4.40. The van der Waals surface area contributed by atoms with Crippen molar-refractivity contribution in [1.82, 2.24) is 0 Å². The molecule has 0 aromatic heterocycles. The van der Waals surface area contributed by atoms with Crippen LogP contribution in [0.4, 0.5) is 0 Å². The molecule has 1 aromatic rings. The van der Waals surface area contributed by atoms with Crippen LogP contribution in [0.15, 0.2) is 29.2 Å². The molecule has 0 aliphatic carbocycles. The van der Waals surface area contributed by atoms with Crippen molar-refractivity contribution in [3.8, 4) is 0 Å². The van der Waals surface area contributed by atoms with Gasteiger partial charge in [0.1, 0.15) is 0 Å². The van der Waals surface area contributed by atoms with Crippen molar-refractivity contribution in [2.45, 2.75) is 37.3 Å². The Labute approximate surface area is 82.6 Å². The summed E-state index contributed by atoms with van der Waals surface area (Å²) in [5.41, 5.74) is 1.16. The van der Waals surface area contributed by atoms with Crippen molar-refractivity contribution in [3.05, 3.63) is 29.8 Å². The van der Waals surface area contributed by atoms with Gasteiger partial charge in [-0.2, -0.15) is 0 Å². The van der Waals surface area contributed by atoms with E-state index >= 15 is 0 Å². The van der Waals surface area contributed by atoms with Gasteiger partial charge in [0.2, 0.25) is 0 Å². The van der Waals surface area contributed by atoms with E-state index in [-0.39, 0.29) is 4.75 Å². The van der Waals surface area contributed by atoms with E-state index in [1.165, 1.54) is 0 Å². The molecule has 0 saturated carbocycles. The molecule has 1 atom stereocenters. The summed E-state index contributed by atoms with van der Waals surface area (Å²) < 4.78 is 11.8. The number of hydrogen-bond acceptors (Lipinski definition) is 1. The summed E-state index contributed by atoms with van der Waals surface area (Å²) in [5.74, 6) is 0. The minimum absolute atomic E-state index is 0.173. The van der Waals surface area contributed by atoms with Crippen LogP contribution in [-0.2, 0) is 10.8 Å². The normalized spacial score (nSPS) is 14.2. The van der Waals surface area contributed by atoms with Crippen LogP contribution >= 0.6 is 0 Å². The molecule has 0 heterocycles. The zero-order chi connectivity index (χ0) is 10.1. The van der Waals surface area contributed by atoms with Crippen molar-refractivity contribution >= 4 is 10.8 Å². The molecule has 0 spiro atoms. The van der Waals surface area contributed by atoms with Gasteiger partial charge in [-0.25, -0.2) is 0 Å². The quantitative estimate of drug-likeness (QED) is 0.675. The third-order valence-corrected chi connectivity index (χ3v) is 3.55. The molecule has 0 fully saturated rings. The van der Waals surface area contributed by atoms with Gasteiger partial charge in [0.15, 0.2) is 0 Å². The second-order valence-corrected chi connectivity index (χ2v) is 6.43. The van der Waals surface area contributed by atoms with E-state index in [1.54, 1.807) is 0 Å². The minimum atomic E-state index is -0.911. The standard InChI is InChI=1S/C11H16OS/c1-9-6-5-7-10(8-9)13(12)11(2,3)4/h5-8H,1-4H3. The highest BCUT2D eigenvalue weighted by molar-refractivity contribution is 7.86. The molecule has 1 unspecified atom stereocenters. The lowest BCUT2D eigenvalue weighted by atomic mass is 10.2. The van der Waals surface area contributed by atoms with Gasteiger partial charge in [0.05, 0.1) is 10.8 Å². The molecule has 0 saturated heterocycles. The average molecular weight is 196 g/mol. The summed E-state index contributed by atoms with van der Waals surface area (Å²) in [5, 5.41) is 0. The zero-order valence-corrected chi connectivity index (χ0v) is 9.44. The van der Waals surface area contributed by atoms with Gasteiger partial charge >= 0.3 is 0 Å². The molecule has 2 heteroatoms. The van der Waals surface area contributed by atoms with Crippen molar-refractivity contribution in [3.63, 3.8) is 0 Å². The van der Waals surface area contributed by atoms with Gasteiger partial charge < -0.3 is 0 Å². The summed E-state index contributed by atoms with van der Waals surface area (Å²) in [6.45, 7) is 7.99. The number of rotatable bonds is 1. The monoisotopic (exact) mass is 196 g/mol. The molecule has 0 aliphatic heterocycles. The maximum Gasteiger partial charge on any atom is 0.0583 e. The first kappa shape index (κ1) is 10.5. The Morgan fingerprint density at radius 3 is 2.31 bits per heavy atom. The molecular weight excluding hydrogens is 180 g/mol. The second-order valence-electron chi connectivity index (χ2n) is 4.20. The Bertz CT molecular complexity index is 323. The lowest BCUT2D eigenvalue weighted by molar-refractivity contribution is 0.649. The van der Waals surface area contributed by atoms with E-state index in [2.05, 4.69) is 0 Å². The summed E-state index contributed by atoms with van der Waals surface area (Å²) >= 11 is 0. The fourth-order valence-electron chi connectivity index (χ4n) is 1.08. The fourth-order valence-corrected chi connectivity index (χ4v) is 2.29. The van der Waals surface area contributed by atoms with E-state index in [0.717, 1.165) is 10.5 Å². The SMILES string of the molecule is Cc1cccc(S(=O)C(C)(C)C)c1. The van der Waals surface area contributed by atoms with Crippen LogP contribution in [0.2, 0.25) is 0 Å². The molecule has 1 nitrogen and oxygen atoms in total. The first-order chi connectivity index (χ1) is 5.91. The highest BCUT2D eigenvalue weighted by atomic mass is 32.2. The highest BCUT2D eigenvalue weighted by Crippen LogP contribution is 2.20. The van der Waals surface area contributed by atoms with Crippen molar-refractivity contribution in [1.29, 1.82) is 0 Å². The Balaban J connectivity index is 3.03. The van der Waals surface area contributed by atoms with E-state index < -0.39 is 10.8 Å². The third-order valence-electron chi connectivity index (χ3n) is 1.76. The molecule has 0 aliphatic rings.